The Morgan fingerprint density at radius 1 is 1.23 bits per heavy atom. The number of alkyl halides is 3. The van der Waals surface area contributed by atoms with Crippen molar-refractivity contribution in [2.75, 3.05) is 26.2 Å². The second-order valence-electron chi connectivity index (χ2n) is 7.21. The van der Waals surface area contributed by atoms with E-state index in [1.54, 1.807) is 0 Å². The molecule has 0 atom stereocenters. The summed E-state index contributed by atoms with van der Waals surface area (Å²) in [5.74, 6) is -2.60. The van der Waals surface area contributed by atoms with Crippen molar-refractivity contribution in [1.82, 2.24) is 25.3 Å². The zero-order valence-corrected chi connectivity index (χ0v) is 16.0. The van der Waals surface area contributed by atoms with E-state index in [4.69, 9.17) is 9.90 Å². The van der Waals surface area contributed by atoms with E-state index in [2.05, 4.69) is 26.8 Å². The Hall–Kier alpha value is -2.92. The second-order valence-corrected chi connectivity index (χ2v) is 7.21. The zero-order valence-electron chi connectivity index (χ0n) is 16.0. The van der Waals surface area contributed by atoms with Crippen molar-refractivity contribution >= 4 is 11.9 Å². The van der Waals surface area contributed by atoms with Gasteiger partial charge in [-0.25, -0.2) is 9.48 Å². The summed E-state index contributed by atoms with van der Waals surface area (Å²) in [7, 11) is 0. The topological polar surface area (TPSA) is 99.5 Å². The van der Waals surface area contributed by atoms with Crippen LogP contribution >= 0.6 is 0 Å². The molecular weight excluding hydrogens is 403 g/mol. The fourth-order valence-electron chi connectivity index (χ4n) is 3.43. The van der Waals surface area contributed by atoms with Crippen molar-refractivity contribution in [2.45, 2.75) is 24.7 Å². The van der Waals surface area contributed by atoms with Gasteiger partial charge >= 0.3 is 12.1 Å². The van der Waals surface area contributed by atoms with E-state index in [1.807, 2.05) is 41.2 Å². The Bertz CT molecular complexity index is 881. The Kier molecular flexibility index (Phi) is 6.42. The van der Waals surface area contributed by atoms with Crippen LogP contribution in [0.5, 0.6) is 0 Å². The largest absolute Gasteiger partial charge is 0.490 e. The predicted molar refractivity (Wildman–Crippen MR) is 101 cm³/mol. The average molecular weight is 425 g/mol. The first kappa shape index (κ1) is 21.8. The van der Waals surface area contributed by atoms with Crippen LogP contribution in [0.25, 0.3) is 5.69 Å². The molecule has 1 spiro atoms. The van der Waals surface area contributed by atoms with Gasteiger partial charge in [0.25, 0.3) is 0 Å². The molecular formula is C19H22F3N5O3. The molecule has 2 aliphatic rings. The summed E-state index contributed by atoms with van der Waals surface area (Å²) in [6.07, 6.45) is -0.505. The molecule has 0 bridgehead atoms. The SMILES string of the molecule is O=C(O)C(F)(F)F.O=C1CC2(CNC2)N(Cc2cnn(-c3ccccc3)c2)CCN1. The lowest BCUT2D eigenvalue weighted by Crippen LogP contribution is -2.68. The number of rotatable bonds is 3. The molecule has 0 unspecified atom stereocenters. The molecule has 162 valence electrons. The van der Waals surface area contributed by atoms with Gasteiger partial charge in [-0.05, 0) is 12.1 Å². The average Bonchev–Trinajstić information content (AvgIpc) is 3.06. The van der Waals surface area contributed by atoms with E-state index < -0.39 is 12.1 Å². The predicted octanol–water partition coefficient (Wildman–Crippen LogP) is 1.17. The van der Waals surface area contributed by atoms with Crippen LogP contribution in [0.4, 0.5) is 13.2 Å². The molecule has 11 heteroatoms. The number of hydrogen-bond acceptors (Lipinski definition) is 5. The van der Waals surface area contributed by atoms with Crippen molar-refractivity contribution in [3.63, 3.8) is 0 Å². The standard InChI is InChI=1S/C17H21N5O.C2HF3O2/c23-16-8-17(12-18-13-17)21(7-6-19-16)10-14-9-20-22(11-14)15-4-2-1-3-5-15;3-2(4,5)1(6)7/h1-5,9,11,18H,6-8,10,12-13H2,(H,19,23);(H,6,7). The van der Waals surface area contributed by atoms with Crippen LogP contribution in [0, 0.1) is 0 Å². The number of nitrogens with zero attached hydrogens (tertiary/aromatic N) is 3. The lowest BCUT2D eigenvalue weighted by Gasteiger charge is -2.49. The van der Waals surface area contributed by atoms with Crippen LogP contribution in [-0.2, 0) is 16.1 Å². The van der Waals surface area contributed by atoms with Gasteiger partial charge in [0.1, 0.15) is 0 Å². The normalized spacial score (nSPS) is 18.6. The monoisotopic (exact) mass is 425 g/mol. The Morgan fingerprint density at radius 3 is 2.47 bits per heavy atom. The van der Waals surface area contributed by atoms with Crippen LogP contribution in [0.2, 0.25) is 0 Å². The van der Waals surface area contributed by atoms with Gasteiger partial charge in [0, 0.05) is 50.9 Å². The number of carbonyl (C=O) groups is 2. The van der Waals surface area contributed by atoms with Crippen molar-refractivity contribution < 1.29 is 27.9 Å². The first-order valence-corrected chi connectivity index (χ1v) is 9.31. The number of benzene rings is 1. The number of carboxylic acids is 1. The lowest BCUT2D eigenvalue weighted by molar-refractivity contribution is -0.192. The Balaban J connectivity index is 0.000000318. The van der Waals surface area contributed by atoms with Gasteiger partial charge in [-0.2, -0.15) is 18.3 Å². The number of amides is 1. The summed E-state index contributed by atoms with van der Waals surface area (Å²) in [5.41, 5.74) is 2.20. The van der Waals surface area contributed by atoms with Gasteiger partial charge in [-0.3, -0.25) is 9.69 Å². The maximum Gasteiger partial charge on any atom is 0.490 e. The fourth-order valence-corrected chi connectivity index (χ4v) is 3.43. The molecule has 1 aromatic heterocycles. The van der Waals surface area contributed by atoms with Crippen LogP contribution < -0.4 is 10.6 Å². The number of para-hydroxylation sites is 1. The molecule has 1 aromatic carbocycles. The minimum Gasteiger partial charge on any atom is -0.475 e. The third kappa shape index (κ3) is 5.16. The molecule has 1 amide bonds. The van der Waals surface area contributed by atoms with Crippen LogP contribution in [-0.4, -0.2) is 69.6 Å². The molecule has 0 radical (unpaired) electrons. The molecule has 2 aliphatic heterocycles. The summed E-state index contributed by atoms with van der Waals surface area (Å²) in [4.78, 5) is 23.2. The lowest BCUT2D eigenvalue weighted by atomic mass is 9.86. The number of halogens is 3. The van der Waals surface area contributed by atoms with Gasteiger partial charge in [0.2, 0.25) is 5.91 Å². The third-order valence-electron chi connectivity index (χ3n) is 5.05. The van der Waals surface area contributed by atoms with E-state index in [0.717, 1.165) is 31.9 Å². The number of aliphatic carboxylic acids is 1. The summed E-state index contributed by atoms with van der Waals surface area (Å²) in [6, 6.07) is 10.1. The van der Waals surface area contributed by atoms with Crippen LogP contribution in [0.15, 0.2) is 42.7 Å². The highest BCUT2D eigenvalue weighted by atomic mass is 19.4. The maximum atomic E-state index is 11.9. The minimum absolute atomic E-state index is 0.0323. The van der Waals surface area contributed by atoms with Crippen LogP contribution in [0.1, 0.15) is 12.0 Å². The molecule has 2 saturated heterocycles. The van der Waals surface area contributed by atoms with Gasteiger partial charge in [-0.1, -0.05) is 18.2 Å². The van der Waals surface area contributed by atoms with Gasteiger partial charge in [0.05, 0.1) is 17.4 Å². The second kappa shape index (κ2) is 8.84. The highest BCUT2D eigenvalue weighted by molar-refractivity contribution is 5.78. The van der Waals surface area contributed by atoms with E-state index >= 15 is 0 Å². The minimum atomic E-state index is -5.08. The Labute approximate surface area is 170 Å². The highest BCUT2D eigenvalue weighted by Crippen LogP contribution is 2.28. The summed E-state index contributed by atoms with van der Waals surface area (Å²) >= 11 is 0. The van der Waals surface area contributed by atoms with Crippen molar-refractivity contribution in [3.05, 3.63) is 48.3 Å². The molecule has 0 aliphatic carbocycles. The van der Waals surface area contributed by atoms with Gasteiger partial charge in [-0.15, -0.1) is 0 Å². The van der Waals surface area contributed by atoms with E-state index in [9.17, 15) is 18.0 Å². The van der Waals surface area contributed by atoms with Crippen LogP contribution in [0.3, 0.4) is 0 Å². The number of hydrogen-bond donors (Lipinski definition) is 3. The molecule has 3 N–H and O–H groups in total. The molecule has 3 heterocycles. The zero-order chi connectivity index (χ0) is 21.8. The molecule has 0 saturated carbocycles. The van der Waals surface area contributed by atoms with E-state index in [1.165, 1.54) is 5.56 Å². The van der Waals surface area contributed by atoms with E-state index in [0.29, 0.717) is 13.0 Å². The smallest absolute Gasteiger partial charge is 0.475 e. The van der Waals surface area contributed by atoms with Crippen molar-refractivity contribution in [2.24, 2.45) is 0 Å². The van der Waals surface area contributed by atoms with Gasteiger partial charge < -0.3 is 15.7 Å². The number of carboxylic acid groups (broad SMARTS) is 1. The third-order valence-corrected chi connectivity index (χ3v) is 5.05. The molecule has 8 nitrogen and oxygen atoms in total. The highest BCUT2D eigenvalue weighted by Gasteiger charge is 2.45. The molecule has 30 heavy (non-hydrogen) atoms. The summed E-state index contributed by atoms with van der Waals surface area (Å²) in [6.45, 7) is 4.18. The molecule has 2 fully saturated rings. The first-order valence-electron chi connectivity index (χ1n) is 9.31. The fraction of sp³-hybridized carbons (Fsp3) is 0.421. The molecule has 2 aromatic rings. The number of carbonyl (C=O) groups excluding carboxylic acids is 1. The quantitative estimate of drug-likeness (QED) is 0.683. The van der Waals surface area contributed by atoms with Gasteiger partial charge in [0.15, 0.2) is 0 Å². The summed E-state index contributed by atoms with van der Waals surface area (Å²) < 4.78 is 33.6. The summed E-state index contributed by atoms with van der Waals surface area (Å²) in [5, 5.41) is 17.9. The number of nitrogens with one attached hydrogen (secondary N) is 2. The number of aromatic nitrogens is 2. The van der Waals surface area contributed by atoms with E-state index in [-0.39, 0.29) is 11.4 Å². The first-order chi connectivity index (χ1) is 14.2. The maximum absolute atomic E-state index is 11.9. The molecule has 4 rings (SSSR count). The van der Waals surface area contributed by atoms with Crippen molar-refractivity contribution in [3.8, 4) is 5.69 Å². The Morgan fingerprint density at radius 2 is 1.90 bits per heavy atom. The van der Waals surface area contributed by atoms with Crippen molar-refractivity contribution in [1.29, 1.82) is 0 Å².